The molecule has 1 aromatic carbocycles. The molecule has 0 amide bonds. The highest BCUT2D eigenvalue weighted by atomic mass is 35.5. The van der Waals surface area contributed by atoms with Crippen LogP contribution in [0.4, 0.5) is 0 Å². The highest BCUT2D eigenvalue weighted by Crippen LogP contribution is 2.21. The number of nitrogens with zero attached hydrogens (tertiary/aromatic N) is 1. The van der Waals surface area contributed by atoms with Crippen molar-refractivity contribution in [3.05, 3.63) is 29.3 Å². The van der Waals surface area contributed by atoms with Crippen molar-refractivity contribution in [1.82, 2.24) is 4.90 Å². The SMILES string of the molecule is CCN1CCC(C(N)COc2cccc(Cl)c2)CC1. The maximum Gasteiger partial charge on any atom is 0.120 e. The van der Waals surface area contributed by atoms with Gasteiger partial charge in [-0.05, 0) is 56.6 Å². The molecule has 2 rings (SSSR count). The zero-order chi connectivity index (χ0) is 13.7. The van der Waals surface area contributed by atoms with Crippen LogP contribution in [0.1, 0.15) is 19.8 Å². The van der Waals surface area contributed by atoms with E-state index in [0.29, 0.717) is 17.5 Å². The second kappa shape index (κ2) is 7.13. The quantitative estimate of drug-likeness (QED) is 0.902. The van der Waals surface area contributed by atoms with E-state index >= 15 is 0 Å². The Morgan fingerprint density at radius 1 is 1.42 bits per heavy atom. The van der Waals surface area contributed by atoms with Crippen molar-refractivity contribution in [3.8, 4) is 5.75 Å². The van der Waals surface area contributed by atoms with E-state index < -0.39 is 0 Å². The molecule has 0 radical (unpaired) electrons. The van der Waals surface area contributed by atoms with E-state index in [1.165, 1.54) is 12.8 Å². The zero-order valence-electron chi connectivity index (χ0n) is 11.5. The first-order valence-corrected chi connectivity index (χ1v) is 7.43. The number of halogens is 1. The molecule has 1 saturated heterocycles. The number of nitrogens with two attached hydrogens (primary N) is 1. The van der Waals surface area contributed by atoms with Crippen LogP contribution in [0, 0.1) is 5.92 Å². The number of likely N-dealkylation sites (tertiary alicyclic amines) is 1. The van der Waals surface area contributed by atoms with Crippen LogP contribution in [0.25, 0.3) is 0 Å². The third kappa shape index (κ3) is 4.37. The lowest BCUT2D eigenvalue weighted by molar-refractivity contribution is 0.152. The van der Waals surface area contributed by atoms with Gasteiger partial charge in [0.15, 0.2) is 0 Å². The second-order valence-electron chi connectivity index (χ2n) is 5.20. The Bertz CT molecular complexity index is 391. The van der Waals surface area contributed by atoms with Crippen LogP contribution in [0.2, 0.25) is 5.02 Å². The summed E-state index contributed by atoms with van der Waals surface area (Å²) in [6.07, 6.45) is 2.35. The normalized spacial score (nSPS) is 19.3. The van der Waals surface area contributed by atoms with Gasteiger partial charge in [-0.25, -0.2) is 0 Å². The molecule has 0 aromatic heterocycles. The number of rotatable bonds is 5. The third-order valence-electron chi connectivity index (χ3n) is 3.92. The number of hydrogen-bond acceptors (Lipinski definition) is 3. The van der Waals surface area contributed by atoms with Crippen LogP contribution in [0.15, 0.2) is 24.3 Å². The second-order valence-corrected chi connectivity index (χ2v) is 5.64. The molecule has 1 heterocycles. The lowest BCUT2D eigenvalue weighted by atomic mass is 9.90. The largest absolute Gasteiger partial charge is 0.492 e. The van der Waals surface area contributed by atoms with Gasteiger partial charge in [-0.3, -0.25) is 0 Å². The molecule has 106 valence electrons. The molecule has 0 aliphatic carbocycles. The van der Waals surface area contributed by atoms with Gasteiger partial charge in [-0.15, -0.1) is 0 Å². The summed E-state index contributed by atoms with van der Waals surface area (Å²) >= 11 is 5.92. The molecular weight excluding hydrogens is 260 g/mol. The molecule has 3 nitrogen and oxygen atoms in total. The fourth-order valence-electron chi connectivity index (χ4n) is 2.58. The molecule has 2 N–H and O–H groups in total. The average Bonchev–Trinajstić information content (AvgIpc) is 2.45. The van der Waals surface area contributed by atoms with Gasteiger partial charge in [-0.2, -0.15) is 0 Å². The Kier molecular flexibility index (Phi) is 5.49. The first-order chi connectivity index (χ1) is 9.19. The molecule has 1 aromatic rings. The van der Waals surface area contributed by atoms with E-state index in [4.69, 9.17) is 22.1 Å². The molecule has 1 aliphatic rings. The summed E-state index contributed by atoms with van der Waals surface area (Å²) in [4.78, 5) is 2.47. The Balaban J connectivity index is 1.77. The van der Waals surface area contributed by atoms with Gasteiger partial charge in [-0.1, -0.05) is 24.6 Å². The maximum atomic E-state index is 6.24. The third-order valence-corrected chi connectivity index (χ3v) is 4.16. The smallest absolute Gasteiger partial charge is 0.120 e. The van der Waals surface area contributed by atoms with E-state index in [1.54, 1.807) is 0 Å². The Morgan fingerprint density at radius 2 is 2.16 bits per heavy atom. The van der Waals surface area contributed by atoms with Gasteiger partial charge in [0.1, 0.15) is 12.4 Å². The van der Waals surface area contributed by atoms with Crippen molar-refractivity contribution in [2.75, 3.05) is 26.2 Å². The molecule has 1 fully saturated rings. The molecule has 19 heavy (non-hydrogen) atoms. The average molecular weight is 283 g/mol. The number of ether oxygens (including phenoxy) is 1. The summed E-state index contributed by atoms with van der Waals surface area (Å²) in [7, 11) is 0. The van der Waals surface area contributed by atoms with Crippen molar-refractivity contribution in [2.24, 2.45) is 11.7 Å². The molecule has 1 aliphatic heterocycles. The van der Waals surface area contributed by atoms with Crippen LogP contribution >= 0.6 is 11.6 Å². The van der Waals surface area contributed by atoms with Crippen molar-refractivity contribution in [3.63, 3.8) is 0 Å². The van der Waals surface area contributed by atoms with Crippen molar-refractivity contribution >= 4 is 11.6 Å². The highest BCUT2D eigenvalue weighted by molar-refractivity contribution is 6.30. The zero-order valence-corrected chi connectivity index (χ0v) is 12.3. The van der Waals surface area contributed by atoms with Gasteiger partial charge in [0, 0.05) is 11.1 Å². The number of hydrogen-bond donors (Lipinski definition) is 1. The van der Waals surface area contributed by atoms with Crippen molar-refractivity contribution in [2.45, 2.75) is 25.8 Å². The predicted octanol–water partition coefficient (Wildman–Crippen LogP) is 2.78. The summed E-state index contributed by atoms with van der Waals surface area (Å²) in [5.41, 5.74) is 6.24. The monoisotopic (exact) mass is 282 g/mol. The van der Waals surface area contributed by atoms with Crippen LogP contribution in [-0.2, 0) is 0 Å². The Hall–Kier alpha value is -0.770. The van der Waals surface area contributed by atoms with Crippen LogP contribution in [0.5, 0.6) is 5.75 Å². The van der Waals surface area contributed by atoms with Gasteiger partial charge in [0.25, 0.3) is 0 Å². The lowest BCUT2D eigenvalue weighted by Crippen LogP contribution is -2.43. The van der Waals surface area contributed by atoms with E-state index in [2.05, 4.69) is 11.8 Å². The van der Waals surface area contributed by atoms with Crippen LogP contribution in [-0.4, -0.2) is 37.2 Å². The van der Waals surface area contributed by atoms with Crippen LogP contribution in [0.3, 0.4) is 0 Å². The van der Waals surface area contributed by atoms with Gasteiger partial charge >= 0.3 is 0 Å². The van der Waals surface area contributed by atoms with Gasteiger partial charge in [0.2, 0.25) is 0 Å². The summed E-state index contributed by atoms with van der Waals surface area (Å²) in [6, 6.07) is 7.59. The molecular formula is C15H23ClN2O. The van der Waals surface area contributed by atoms with E-state index in [1.807, 2.05) is 24.3 Å². The minimum atomic E-state index is 0.109. The fourth-order valence-corrected chi connectivity index (χ4v) is 2.76. The summed E-state index contributed by atoms with van der Waals surface area (Å²) in [5, 5.41) is 0.697. The van der Waals surface area contributed by atoms with Crippen molar-refractivity contribution < 1.29 is 4.74 Å². The lowest BCUT2D eigenvalue weighted by Gasteiger charge is -2.33. The molecule has 1 unspecified atom stereocenters. The number of benzene rings is 1. The molecule has 4 heteroatoms. The molecule has 0 bridgehead atoms. The minimum absolute atomic E-state index is 0.109. The van der Waals surface area contributed by atoms with Gasteiger partial charge in [0.05, 0.1) is 0 Å². The Morgan fingerprint density at radius 3 is 2.79 bits per heavy atom. The minimum Gasteiger partial charge on any atom is -0.492 e. The van der Waals surface area contributed by atoms with E-state index in [9.17, 15) is 0 Å². The van der Waals surface area contributed by atoms with Crippen LogP contribution < -0.4 is 10.5 Å². The first-order valence-electron chi connectivity index (χ1n) is 7.05. The molecule has 1 atom stereocenters. The standard InChI is InChI=1S/C15H23ClN2O/c1-2-18-8-6-12(7-9-18)15(17)11-19-14-5-3-4-13(16)10-14/h3-5,10,12,15H,2,6-9,11,17H2,1H3. The summed E-state index contributed by atoms with van der Waals surface area (Å²) < 4.78 is 5.73. The van der Waals surface area contributed by atoms with Crippen molar-refractivity contribution in [1.29, 1.82) is 0 Å². The first kappa shape index (κ1) is 14.6. The van der Waals surface area contributed by atoms with E-state index in [-0.39, 0.29) is 6.04 Å². The predicted molar refractivity (Wildman–Crippen MR) is 79.8 cm³/mol. The Labute approximate surface area is 120 Å². The van der Waals surface area contributed by atoms with E-state index in [0.717, 1.165) is 25.4 Å². The maximum absolute atomic E-state index is 6.24. The number of piperidine rings is 1. The topological polar surface area (TPSA) is 38.5 Å². The summed E-state index contributed by atoms with van der Waals surface area (Å²) in [5.74, 6) is 1.37. The highest BCUT2D eigenvalue weighted by Gasteiger charge is 2.23. The fraction of sp³-hybridized carbons (Fsp3) is 0.600. The summed E-state index contributed by atoms with van der Waals surface area (Å²) in [6.45, 7) is 6.23. The molecule has 0 spiro atoms. The van der Waals surface area contributed by atoms with Gasteiger partial charge < -0.3 is 15.4 Å². The molecule has 0 saturated carbocycles.